The molecule has 1 fully saturated rings. The number of nitrogens with one attached hydrogen (secondary N) is 1. The minimum Gasteiger partial charge on any atom is -0.397 e. The van der Waals surface area contributed by atoms with E-state index in [0.717, 1.165) is 0 Å². The van der Waals surface area contributed by atoms with E-state index >= 15 is 0 Å². The summed E-state index contributed by atoms with van der Waals surface area (Å²) in [6, 6.07) is 2.08. The van der Waals surface area contributed by atoms with Crippen LogP contribution in [0.15, 0.2) is 17.0 Å². The Hall–Kier alpha value is -0.830. The molecule has 1 saturated heterocycles. The van der Waals surface area contributed by atoms with Gasteiger partial charge in [-0.2, -0.15) is 0 Å². The maximum atomic E-state index is 12.3. The highest BCUT2D eigenvalue weighted by atomic mass is 35.5. The molecule has 1 aromatic carbocycles. The van der Waals surface area contributed by atoms with Gasteiger partial charge < -0.3 is 5.73 Å². The summed E-state index contributed by atoms with van der Waals surface area (Å²) < 4.78 is 50.2. The van der Waals surface area contributed by atoms with Crippen molar-refractivity contribution in [3.63, 3.8) is 0 Å². The first-order valence-corrected chi connectivity index (χ1v) is 10.1. The smallest absolute Gasteiger partial charge is 0.240 e. The van der Waals surface area contributed by atoms with Crippen molar-refractivity contribution < 1.29 is 16.8 Å². The number of nitrogen functional groups attached to an aromatic ring is 1. The van der Waals surface area contributed by atoms with Crippen molar-refractivity contribution >= 4 is 37.1 Å². The number of hydrogen-bond acceptors (Lipinski definition) is 5. The lowest BCUT2D eigenvalue weighted by atomic mass is 10.2. The third kappa shape index (κ3) is 3.88. The molecule has 0 radical (unpaired) electrons. The second kappa shape index (κ2) is 5.75. The maximum Gasteiger partial charge on any atom is 0.240 e. The van der Waals surface area contributed by atoms with Gasteiger partial charge in [-0.15, -0.1) is 0 Å². The number of anilines is 1. The van der Waals surface area contributed by atoms with Gasteiger partial charge >= 0.3 is 0 Å². The molecule has 1 aromatic rings. The molecule has 6 nitrogen and oxygen atoms in total. The van der Waals surface area contributed by atoms with E-state index in [1.807, 2.05) is 0 Å². The van der Waals surface area contributed by atoms with Gasteiger partial charge in [-0.1, -0.05) is 11.6 Å². The summed E-state index contributed by atoms with van der Waals surface area (Å²) in [6.45, 7) is 1.66. The van der Waals surface area contributed by atoms with Crippen LogP contribution in [0.25, 0.3) is 0 Å². The Balaban J connectivity index is 2.27. The summed E-state index contributed by atoms with van der Waals surface area (Å²) in [5.41, 5.74) is 6.40. The second-order valence-corrected chi connectivity index (χ2v) is 9.54. The van der Waals surface area contributed by atoms with Gasteiger partial charge in [0, 0.05) is 6.04 Å². The first-order chi connectivity index (χ1) is 9.61. The lowest BCUT2D eigenvalue weighted by molar-refractivity contribution is 0.517. The van der Waals surface area contributed by atoms with Crippen LogP contribution in [0, 0.1) is 6.92 Å². The number of aryl methyl sites for hydroxylation is 1. The normalized spacial score (nSPS) is 22.1. The molecule has 1 atom stereocenters. The van der Waals surface area contributed by atoms with E-state index < -0.39 is 25.9 Å². The molecule has 1 aliphatic rings. The van der Waals surface area contributed by atoms with E-state index in [0.29, 0.717) is 23.4 Å². The zero-order valence-electron chi connectivity index (χ0n) is 11.5. The van der Waals surface area contributed by atoms with E-state index in [1.165, 1.54) is 12.1 Å². The van der Waals surface area contributed by atoms with Crippen LogP contribution >= 0.6 is 11.6 Å². The molecule has 1 unspecified atom stereocenters. The van der Waals surface area contributed by atoms with E-state index in [2.05, 4.69) is 4.72 Å². The zero-order chi connectivity index (χ0) is 15.8. The summed E-state index contributed by atoms with van der Waals surface area (Å²) in [7, 11) is -7.01. The predicted molar refractivity (Wildman–Crippen MR) is 82.6 cm³/mol. The average molecular weight is 353 g/mol. The molecule has 0 aliphatic carbocycles. The van der Waals surface area contributed by atoms with E-state index in [4.69, 9.17) is 17.3 Å². The minimum absolute atomic E-state index is 0.00938. The Labute approximate surface area is 129 Å². The number of benzene rings is 1. The van der Waals surface area contributed by atoms with Gasteiger partial charge in [0.15, 0.2) is 9.84 Å². The van der Waals surface area contributed by atoms with Crippen LogP contribution in [0.5, 0.6) is 0 Å². The maximum absolute atomic E-state index is 12.3. The highest BCUT2D eigenvalue weighted by Gasteiger charge is 2.29. The summed E-state index contributed by atoms with van der Waals surface area (Å²) in [4.78, 5) is -0.00938. The number of nitrogens with two attached hydrogens (primary N) is 1. The number of halogens is 1. The summed E-state index contributed by atoms with van der Waals surface area (Å²) in [5.74, 6) is -0.0630. The van der Waals surface area contributed by atoms with Gasteiger partial charge in [-0.3, -0.25) is 0 Å². The first kappa shape index (κ1) is 16.5. The number of hydrogen-bond donors (Lipinski definition) is 2. The molecule has 21 heavy (non-hydrogen) atoms. The Morgan fingerprint density at radius 2 is 2.05 bits per heavy atom. The molecule has 0 amide bonds. The van der Waals surface area contributed by atoms with Crippen molar-refractivity contribution in [2.75, 3.05) is 17.2 Å². The molecule has 0 saturated carbocycles. The van der Waals surface area contributed by atoms with Crippen LogP contribution in [-0.4, -0.2) is 34.4 Å². The minimum atomic E-state index is -3.82. The van der Waals surface area contributed by atoms with Gasteiger partial charge in [0.1, 0.15) is 0 Å². The van der Waals surface area contributed by atoms with Crippen molar-refractivity contribution in [3.05, 3.63) is 22.7 Å². The topological polar surface area (TPSA) is 106 Å². The van der Waals surface area contributed by atoms with Gasteiger partial charge in [0.25, 0.3) is 0 Å². The van der Waals surface area contributed by atoms with Crippen LogP contribution in [0.1, 0.15) is 18.4 Å². The molecule has 9 heteroatoms. The number of sulfonamides is 1. The zero-order valence-corrected chi connectivity index (χ0v) is 13.9. The lowest BCUT2D eigenvalue weighted by Crippen LogP contribution is -2.43. The molecule has 0 spiro atoms. The van der Waals surface area contributed by atoms with Crippen LogP contribution < -0.4 is 10.5 Å². The SMILES string of the molecule is Cc1cc(S(=O)(=O)NC2CCCS(=O)(=O)C2)cc(N)c1Cl. The Morgan fingerprint density at radius 3 is 2.62 bits per heavy atom. The Bertz CT molecular complexity index is 736. The van der Waals surface area contributed by atoms with E-state index in [1.54, 1.807) is 6.92 Å². The monoisotopic (exact) mass is 352 g/mol. The highest BCUT2D eigenvalue weighted by molar-refractivity contribution is 7.91. The Kier molecular flexibility index (Phi) is 4.53. The standard InChI is InChI=1S/C12H17ClN2O4S2/c1-8-5-10(6-11(14)12(8)13)21(18,19)15-9-3-2-4-20(16,17)7-9/h5-6,9,15H,2-4,7,14H2,1H3. The van der Waals surface area contributed by atoms with Gasteiger partial charge in [0.2, 0.25) is 10.0 Å². The van der Waals surface area contributed by atoms with Crippen molar-refractivity contribution in [1.82, 2.24) is 4.72 Å². The molecule has 2 rings (SSSR count). The largest absolute Gasteiger partial charge is 0.397 e. The highest BCUT2D eigenvalue weighted by Crippen LogP contribution is 2.27. The van der Waals surface area contributed by atoms with Gasteiger partial charge in [0.05, 0.1) is 27.1 Å². The van der Waals surface area contributed by atoms with Crippen molar-refractivity contribution in [3.8, 4) is 0 Å². The third-order valence-electron chi connectivity index (χ3n) is 3.35. The van der Waals surface area contributed by atoms with Crippen molar-refractivity contribution in [2.45, 2.75) is 30.7 Å². The van der Waals surface area contributed by atoms with Crippen molar-refractivity contribution in [1.29, 1.82) is 0 Å². The molecule has 3 N–H and O–H groups in total. The molecular formula is C12H17ClN2O4S2. The first-order valence-electron chi connectivity index (χ1n) is 6.39. The average Bonchev–Trinajstić information content (AvgIpc) is 2.33. The molecule has 1 heterocycles. The summed E-state index contributed by atoms with van der Waals surface area (Å²) in [6.07, 6.45) is 0.956. The fourth-order valence-corrected chi connectivity index (χ4v) is 5.56. The van der Waals surface area contributed by atoms with Crippen LogP contribution in [-0.2, 0) is 19.9 Å². The second-order valence-electron chi connectivity index (χ2n) is 5.22. The van der Waals surface area contributed by atoms with E-state index in [-0.39, 0.29) is 22.1 Å². The van der Waals surface area contributed by atoms with E-state index in [9.17, 15) is 16.8 Å². The summed E-state index contributed by atoms with van der Waals surface area (Å²) >= 11 is 5.91. The fourth-order valence-electron chi connectivity index (χ4n) is 2.32. The molecule has 0 aromatic heterocycles. The molecule has 1 aliphatic heterocycles. The summed E-state index contributed by atoms with van der Waals surface area (Å²) in [5, 5.41) is 0.314. The Morgan fingerprint density at radius 1 is 1.38 bits per heavy atom. The quantitative estimate of drug-likeness (QED) is 0.792. The fraction of sp³-hybridized carbons (Fsp3) is 0.500. The van der Waals surface area contributed by atoms with Crippen molar-refractivity contribution in [2.24, 2.45) is 0 Å². The van der Waals surface area contributed by atoms with Gasteiger partial charge in [-0.05, 0) is 37.5 Å². The number of rotatable bonds is 3. The third-order valence-corrected chi connectivity index (χ3v) is 7.19. The molecule has 0 bridgehead atoms. The van der Waals surface area contributed by atoms with Crippen LogP contribution in [0.3, 0.4) is 0 Å². The molecular weight excluding hydrogens is 336 g/mol. The number of sulfone groups is 1. The lowest BCUT2D eigenvalue weighted by Gasteiger charge is -2.23. The van der Waals surface area contributed by atoms with Crippen LogP contribution in [0.2, 0.25) is 5.02 Å². The van der Waals surface area contributed by atoms with Crippen LogP contribution in [0.4, 0.5) is 5.69 Å². The molecule has 118 valence electrons. The van der Waals surface area contributed by atoms with Gasteiger partial charge in [-0.25, -0.2) is 21.6 Å². The predicted octanol–water partition coefficient (Wildman–Crippen LogP) is 1.09.